The van der Waals surface area contributed by atoms with Crippen molar-refractivity contribution in [1.29, 1.82) is 0 Å². The molecule has 4 aromatic carbocycles. The summed E-state index contributed by atoms with van der Waals surface area (Å²) >= 11 is 14.0. The van der Waals surface area contributed by atoms with Gasteiger partial charge in [-0.05, 0) is 89.0 Å². The quantitative estimate of drug-likeness (QED) is 0.165. The standard InChI is InChI=1S/C44H34Cl2N6O4S/c1-4-56-27-12-9-25(10-13-27)40-39(26-11-16-34(45)35(46)18-26)50-43(57-40)49-38(54)21-51-23-52(42-36(51)20-47-22-48-42)44(3)33-15-14-29-28-7-5-6-8-30(28)37(53)19-31(29)32(33)17-24(2)41(44)55/h5-20,22,24H,4,21,23H2,1-3H3,(H,49,50,54). The lowest BCUT2D eigenvalue weighted by molar-refractivity contribution is -0.126. The Morgan fingerprint density at radius 2 is 1.74 bits per heavy atom. The van der Waals surface area contributed by atoms with Gasteiger partial charge < -0.3 is 19.9 Å². The van der Waals surface area contributed by atoms with Crippen molar-refractivity contribution in [3.8, 4) is 38.6 Å². The van der Waals surface area contributed by atoms with Crippen molar-refractivity contribution >= 4 is 80.8 Å². The van der Waals surface area contributed by atoms with Crippen LogP contribution in [0.3, 0.4) is 0 Å². The normalized spacial score (nSPS) is 17.9. The molecular weight excluding hydrogens is 779 g/mol. The Morgan fingerprint density at radius 3 is 2.51 bits per heavy atom. The Labute approximate surface area is 342 Å². The number of hydrogen-bond acceptors (Lipinski definition) is 10. The van der Waals surface area contributed by atoms with E-state index in [4.69, 9.17) is 32.9 Å². The fourth-order valence-electron chi connectivity index (χ4n) is 8.11. The second kappa shape index (κ2) is 14.3. The summed E-state index contributed by atoms with van der Waals surface area (Å²) in [4.78, 5) is 60.2. The van der Waals surface area contributed by atoms with Crippen LogP contribution < -0.4 is 30.3 Å². The van der Waals surface area contributed by atoms with E-state index in [0.29, 0.717) is 44.5 Å². The zero-order valence-corrected chi connectivity index (χ0v) is 33.4. The molecule has 0 fully saturated rings. The third-order valence-corrected chi connectivity index (χ3v) is 12.6. The number of ketones is 2. The lowest BCUT2D eigenvalue weighted by Gasteiger charge is -2.42. The summed E-state index contributed by atoms with van der Waals surface area (Å²) in [6.07, 6.45) is 6.75. The van der Waals surface area contributed by atoms with E-state index < -0.39 is 11.5 Å². The Kier molecular flexibility index (Phi) is 9.19. The van der Waals surface area contributed by atoms with E-state index in [1.165, 1.54) is 17.7 Å². The maximum absolute atomic E-state index is 14.4. The highest BCUT2D eigenvalue weighted by molar-refractivity contribution is 7.19. The topological polar surface area (TPSA) is 118 Å². The van der Waals surface area contributed by atoms with Gasteiger partial charge in [-0.3, -0.25) is 14.4 Å². The molecule has 1 N–H and O–H groups in total. The molecule has 2 aliphatic carbocycles. The number of carbonyl (C=O) groups excluding carboxylic acids is 3. The number of benzene rings is 4. The predicted octanol–water partition coefficient (Wildman–Crippen LogP) is 7.75. The molecule has 1 amide bonds. The first-order chi connectivity index (χ1) is 27.5. The molecule has 0 radical (unpaired) electrons. The van der Waals surface area contributed by atoms with Crippen LogP contribution in [0.25, 0.3) is 45.0 Å². The minimum atomic E-state index is -1.18. The molecule has 284 valence electrons. The Balaban J connectivity index is 1.04. The van der Waals surface area contributed by atoms with Crippen LogP contribution >= 0.6 is 34.5 Å². The number of halogens is 2. The van der Waals surface area contributed by atoms with Gasteiger partial charge in [0.2, 0.25) is 5.91 Å². The molecule has 10 nitrogen and oxygen atoms in total. The molecule has 6 aromatic rings. The van der Waals surface area contributed by atoms with Gasteiger partial charge in [-0.1, -0.05) is 90.0 Å². The second-order valence-electron chi connectivity index (χ2n) is 14.3. The summed E-state index contributed by atoms with van der Waals surface area (Å²) < 4.78 is 5.65. The van der Waals surface area contributed by atoms with E-state index in [9.17, 15) is 14.4 Å². The van der Waals surface area contributed by atoms with Crippen LogP contribution in [0.2, 0.25) is 10.0 Å². The first kappa shape index (κ1) is 36.7. The SMILES string of the molecule is CCOc1ccc(-c2sc(NC(=O)CN3CN(C4(C)C(=O)C(C)C=c5c4ccc4c5=CC(=O)c5ccccc5-4)c4ncncc43)nc2-c2ccc(Cl)c(Cl)c2)cc1. The highest BCUT2D eigenvalue weighted by Gasteiger charge is 2.50. The van der Waals surface area contributed by atoms with Crippen LogP contribution in [-0.2, 0) is 15.1 Å². The zero-order chi connectivity index (χ0) is 39.6. The molecule has 2 aromatic heterocycles. The molecule has 0 saturated carbocycles. The summed E-state index contributed by atoms with van der Waals surface area (Å²) in [5, 5.41) is 5.88. The van der Waals surface area contributed by atoms with Crippen molar-refractivity contribution in [1.82, 2.24) is 15.0 Å². The molecule has 3 aliphatic rings. The lowest BCUT2D eigenvalue weighted by Crippen LogP contribution is -2.59. The number of nitrogens with one attached hydrogen (secondary N) is 1. The average Bonchev–Trinajstić information content (AvgIpc) is 3.80. The number of hydrogen-bond donors (Lipinski definition) is 1. The number of thiazole rings is 1. The number of Topliss-reactive ketones (excluding diaryl/α,β-unsaturated/α-hetero) is 2. The van der Waals surface area contributed by atoms with Gasteiger partial charge in [0.05, 0.1) is 46.6 Å². The van der Waals surface area contributed by atoms with Crippen LogP contribution in [0.5, 0.6) is 5.75 Å². The van der Waals surface area contributed by atoms with Crippen molar-refractivity contribution in [2.24, 2.45) is 5.92 Å². The third-order valence-electron chi connectivity index (χ3n) is 10.8. The number of rotatable bonds is 8. The van der Waals surface area contributed by atoms with E-state index in [-0.39, 0.29) is 30.7 Å². The Bertz CT molecular complexity index is 2790. The summed E-state index contributed by atoms with van der Waals surface area (Å²) in [5.41, 5.74) is 4.95. The highest BCUT2D eigenvalue weighted by atomic mass is 35.5. The lowest BCUT2D eigenvalue weighted by atomic mass is 9.73. The Morgan fingerprint density at radius 1 is 0.965 bits per heavy atom. The van der Waals surface area contributed by atoms with Gasteiger partial charge in [0.15, 0.2) is 22.5 Å². The fraction of sp³-hybridized carbons (Fsp3) is 0.182. The molecule has 0 spiro atoms. The number of ether oxygens (including phenoxy) is 1. The summed E-state index contributed by atoms with van der Waals surface area (Å²) in [6, 6.07) is 24.6. The average molecular weight is 814 g/mol. The number of anilines is 3. The molecule has 2 atom stereocenters. The van der Waals surface area contributed by atoms with Crippen LogP contribution in [0, 0.1) is 5.92 Å². The molecule has 1 aliphatic heterocycles. The van der Waals surface area contributed by atoms with Crippen molar-refractivity contribution in [2.75, 3.05) is 34.9 Å². The monoisotopic (exact) mass is 812 g/mol. The second-order valence-corrected chi connectivity index (χ2v) is 16.1. The van der Waals surface area contributed by atoms with Gasteiger partial charge >= 0.3 is 0 Å². The van der Waals surface area contributed by atoms with Crippen LogP contribution in [0.4, 0.5) is 16.6 Å². The van der Waals surface area contributed by atoms with E-state index in [2.05, 4.69) is 15.3 Å². The van der Waals surface area contributed by atoms with Crippen LogP contribution in [0.1, 0.15) is 36.7 Å². The molecule has 13 heteroatoms. The van der Waals surface area contributed by atoms with E-state index in [0.717, 1.165) is 48.9 Å². The third kappa shape index (κ3) is 6.17. The van der Waals surface area contributed by atoms with Gasteiger partial charge in [0, 0.05) is 17.0 Å². The minimum Gasteiger partial charge on any atom is -0.494 e. The molecule has 0 bridgehead atoms. The first-order valence-corrected chi connectivity index (χ1v) is 20.0. The van der Waals surface area contributed by atoms with Gasteiger partial charge in [-0.2, -0.15) is 0 Å². The summed E-state index contributed by atoms with van der Waals surface area (Å²) in [7, 11) is 0. The number of aromatic nitrogens is 3. The van der Waals surface area contributed by atoms with Crippen molar-refractivity contribution < 1.29 is 19.1 Å². The van der Waals surface area contributed by atoms with E-state index in [1.807, 2.05) is 103 Å². The van der Waals surface area contributed by atoms with Crippen molar-refractivity contribution in [3.05, 3.63) is 123 Å². The maximum Gasteiger partial charge on any atom is 0.245 e. The van der Waals surface area contributed by atoms with Gasteiger partial charge in [-0.25, -0.2) is 15.0 Å². The first-order valence-electron chi connectivity index (χ1n) is 18.4. The van der Waals surface area contributed by atoms with Crippen molar-refractivity contribution in [2.45, 2.75) is 26.3 Å². The molecule has 9 rings (SSSR count). The number of nitrogens with zero attached hydrogens (tertiary/aromatic N) is 5. The van der Waals surface area contributed by atoms with E-state index in [1.54, 1.807) is 24.4 Å². The van der Waals surface area contributed by atoms with Gasteiger partial charge in [0.25, 0.3) is 0 Å². The fourth-order valence-corrected chi connectivity index (χ4v) is 9.42. The number of fused-ring (bicyclic) bond motifs is 6. The van der Waals surface area contributed by atoms with Crippen LogP contribution in [-0.4, -0.2) is 52.2 Å². The molecule has 57 heavy (non-hydrogen) atoms. The van der Waals surface area contributed by atoms with Crippen molar-refractivity contribution in [3.63, 3.8) is 0 Å². The van der Waals surface area contributed by atoms with Gasteiger partial charge in [0.1, 0.15) is 23.3 Å². The predicted molar refractivity (Wildman–Crippen MR) is 225 cm³/mol. The molecular formula is C44H34Cl2N6O4S. The molecule has 3 heterocycles. The summed E-state index contributed by atoms with van der Waals surface area (Å²) in [5.74, 6) is 0.411. The van der Waals surface area contributed by atoms with Gasteiger partial charge in [-0.15, -0.1) is 0 Å². The van der Waals surface area contributed by atoms with Crippen LogP contribution in [0.15, 0.2) is 91.4 Å². The van der Waals surface area contributed by atoms with E-state index >= 15 is 0 Å². The largest absolute Gasteiger partial charge is 0.494 e. The molecule has 0 saturated heterocycles. The minimum absolute atomic E-state index is 0.0206. The number of carbonyl (C=O) groups is 3. The zero-order valence-electron chi connectivity index (χ0n) is 31.0. The smallest absolute Gasteiger partial charge is 0.245 e. The number of amides is 1. The highest BCUT2D eigenvalue weighted by Crippen LogP contribution is 2.45. The molecule has 2 unspecified atom stereocenters. The Hall–Kier alpha value is -5.88. The maximum atomic E-state index is 14.4. The summed E-state index contributed by atoms with van der Waals surface area (Å²) in [6.45, 7) is 6.38.